The third-order valence-electron chi connectivity index (χ3n) is 6.52. The van der Waals surface area contributed by atoms with Gasteiger partial charge < -0.3 is 14.7 Å². The van der Waals surface area contributed by atoms with Crippen LogP contribution in [-0.2, 0) is 11.3 Å². The molecule has 0 amide bonds. The number of pyridine rings is 1. The molecule has 6 rings (SSSR count). The first-order valence-corrected chi connectivity index (χ1v) is 12.9. The lowest BCUT2D eigenvalue weighted by atomic mass is 9.92. The third kappa shape index (κ3) is 4.90. The van der Waals surface area contributed by atoms with Crippen LogP contribution in [-0.4, -0.2) is 25.9 Å². The second kappa shape index (κ2) is 11.0. The molecule has 0 saturated carbocycles. The zero-order chi connectivity index (χ0) is 27.5. The van der Waals surface area contributed by atoms with Crippen LogP contribution in [0, 0.1) is 6.92 Å². The molecule has 1 N–H and O–H groups in total. The van der Waals surface area contributed by atoms with Crippen molar-refractivity contribution in [1.29, 1.82) is 0 Å². The molecule has 0 unspecified atom stereocenters. The van der Waals surface area contributed by atoms with Gasteiger partial charge >= 0.3 is 0 Å². The first kappa shape index (κ1) is 25.3. The number of benzene rings is 3. The second-order valence-electron chi connectivity index (χ2n) is 9.12. The van der Waals surface area contributed by atoms with Crippen LogP contribution in [0.5, 0.6) is 5.75 Å². The van der Waals surface area contributed by atoms with Crippen LogP contribution in [0.2, 0.25) is 5.02 Å². The van der Waals surface area contributed by atoms with Gasteiger partial charge in [0.2, 0.25) is 0 Å². The van der Waals surface area contributed by atoms with Crippen molar-refractivity contribution in [3.05, 3.63) is 142 Å². The van der Waals surface area contributed by atoms with E-state index in [1.54, 1.807) is 12.3 Å². The predicted molar refractivity (Wildman–Crippen MR) is 155 cm³/mol. The Balaban J connectivity index is 1.51. The van der Waals surface area contributed by atoms with E-state index in [4.69, 9.17) is 21.1 Å². The number of hydrogen-bond acceptors (Lipinski definition) is 7. The van der Waals surface area contributed by atoms with Gasteiger partial charge in [0, 0.05) is 28.2 Å². The van der Waals surface area contributed by atoms with Gasteiger partial charge in [-0.25, -0.2) is 9.97 Å². The fourth-order valence-electron chi connectivity index (χ4n) is 4.56. The van der Waals surface area contributed by atoms with Gasteiger partial charge in [-0.2, -0.15) is 0 Å². The monoisotopic (exact) mass is 546 g/mol. The highest BCUT2D eigenvalue weighted by Gasteiger charge is 2.36. The lowest BCUT2D eigenvalue weighted by molar-refractivity contribution is 0.276. The van der Waals surface area contributed by atoms with Crippen molar-refractivity contribution in [3.63, 3.8) is 0 Å². The van der Waals surface area contributed by atoms with Crippen molar-refractivity contribution in [1.82, 2.24) is 15.0 Å². The molecule has 3 aromatic carbocycles. The highest BCUT2D eigenvalue weighted by atomic mass is 35.5. The highest BCUT2D eigenvalue weighted by molar-refractivity contribution is 6.30. The van der Waals surface area contributed by atoms with Crippen LogP contribution >= 0.6 is 11.6 Å². The Morgan fingerprint density at radius 3 is 2.58 bits per heavy atom. The number of ether oxygens (including phenoxy) is 2. The van der Waals surface area contributed by atoms with E-state index < -0.39 is 0 Å². The van der Waals surface area contributed by atoms with Gasteiger partial charge in [-0.1, -0.05) is 71.4 Å². The lowest BCUT2D eigenvalue weighted by Gasteiger charge is -2.28. The number of rotatable bonds is 6. The van der Waals surface area contributed by atoms with Crippen molar-refractivity contribution < 1.29 is 14.7 Å². The highest BCUT2D eigenvalue weighted by Crippen LogP contribution is 2.42. The molecule has 7 nitrogen and oxygen atoms in total. The minimum atomic E-state index is 0.285. The van der Waals surface area contributed by atoms with Crippen molar-refractivity contribution in [3.8, 4) is 5.75 Å². The molecule has 8 heteroatoms. The van der Waals surface area contributed by atoms with Gasteiger partial charge in [0.05, 0.1) is 22.5 Å². The van der Waals surface area contributed by atoms with Crippen LogP contribution in [0.15, 0.2) is 114 Å². The number of para-hydroxylation sites is 2. The fourth-order valence-corrected chi connectivity index (χ4v) is 4.69. The number of aryl methyl sites for hydroxylation is 1. The molecular formula is C32H23ClN4O3. The maximum absolute atomic E-state index is 10.1. The smallest absolute Gasteiger partial charge is 0.188 e. The molecule has 0 atom stereocenters. The fraction of sp³-hybridized carbons (Fsp3) is 0.0625. The first-order chi connectivity index (χ1) is 19.6. The minimum Gasteiger partial charge on any atom is -0.488 e. The van der Waals surface area contributed by atoms with Crippen LogP contribution in [0.3, 0.4) is 0 Å². The van der Waals surface area contributed by atoms with E-state index in [1.807, 2.05) is 91.9 Å². The average Bonchev–Trinajstić information content (AvgIpc) is 2.98. The number of nitrogens with zero attached hydrogens (tertiary/aromatic N) is 4. The minimum absolute atomic E-state index is 0.285. The Bertz CT molecular complexity index is 1800. The van der Waals surface area contributed by atoms with Crippen LogP contribution in [0.25, 0.3) is 22.6 Å². The van der Waals surface area contributed by atoms with Crippen molar-refractivity contribution in [2.75, 3.05) is 0 Å². The van der Waals surface area contributed by atoms with Crippen molar-refractivity contribution in [2.24, 2.45) is 5.16 Å². The summed E-state index contributed by atoms with van der Waals surface area (Å²) < 4.78 is 12.5. The van der Waals surface area contributed by atoms with Gasteiger partial charge in [-0.05, 0) is 48.4 Å². The Morgan fingerprint density at radius 2 is 1.77 bits per heavy atom. The van der Waals surface area contributed by atoms with E-state index in [1.165, 1.54) is 6.33 Å². The van der Waals surface area contributed by atoms with Gasteiger partial charge in [-0.15, -0.1) is 0 Å². The van der Waals surface area contributed by atoms with Crippen molar-refractivity contribution >= 4 is 39.9 Å². The van der Waals surface area contributed by atoms with E-state index in [-0.39, 0.29) is 5.71 Å². The first-order valence-electron chi connectivity index (χ1n) is 12.6. The standard InChI is InChI=1S/C32H23ClN4O3/c1-20-7-6-10-25-29(20)35-19-36-30(25)28(32-31(37-38)27(40-32)17-23-8-4-5-16-34-23)24-9-2-3-11-26(24)39-18-21-12-14-22(33)15-13-21/h2-17,19,38H,18H2,1H3/b27-17-,32-28-,37-31+. The van der Waals surface area contributed by atoms with Gasteiger partial charge in [0.25, 0.3) is 0 Å². The summed E-state index contributed by atoms with van der Waals surface area (Å²) in [4.78, 5) is 13.5. The Hall–Kier alpha value is -5.01. The van der Waals surface area contributed by atoms with Crippen molar-refractivity contribution in [2.45, 2.75) is 13.5 Å². The summed E-state index contributed by atoms with van der Waals surface area (Å²) in [5, 5.41) is 15.2. The molecule has 1 fully saturated rings. The maximum Gasteiger partial charge on any atom is 0.188 e. The summed E-state index contributed by atoms with van der Waals surface area (Å²) in [5.41, 5.74) is 5.73. The van der Waals surface area contributed by atoms with Gasteiger partial charge in [0.1, 0.15) is 18.7 Å². The average molecular weight is 547 g/mol. The lowest BCUT2D eigenvalue weighted by Crippen LogP contribution is -2.25. The zero-order valence-electron chi connectivity index (χ0n) is 21.5. The third-order valence-corrected chi connectivity index (χ3v) is 6.77. The molecule has 3 heterocycles. The van der Waals surface area contributed by atoms with E-state index in [0.717, 1.165) is 27.6 Å². The molecule has 2 aromatic heterocycles. The molecule has 0 radical (unpaired) electrons. The summed E-state index contributed by atoms with van der Waals surface area (Å²) in [6.45, 7) is 2.33. The Kier molecular flexibility index (Phi) is 6.95. The number of oxime groups is 1. The predicted octanol–water partition coefficient (Wildman–Crippen LogP) is 7.23. The molecule has 0 bridgehead atoms. The quantitative estimate of drug-likeness (QED) is 0.178. The Morgan fingerprint density at radius 1 is 0.950 bits per heavy atom. The topological polar surface area (TPSA) is 89.7 Å². The number of halogens is 1. The molecule has 196 valence electrons. The van der Waals surface area contributed by atoms with Crippen LogP contribution in [0.1, 0.15) is 28.1 Å². The van der Waals surface area contributed by atoms with E-state index in [2.05, 4.69) is 20.1 Å². The van der Waals surface area contributed by atoms with E-state index in [0.29, 0.717) is 45.9 Å². The van der Waals surface area contributed by atoms with Gasteiger partial charge in [0.15, 0.2) is 17.2 Å². The molecule has 0 spiro atoms. The maximum atomic E-state index is 10.1. The number of aromatic nitrogens is 3. The summed E-state index contributed by atoms with van der Waals surface area (Å²) >= 11 is 6.06. The van der Waals surface area contributed by atoms with Gasteiger partial charge in [-0.3, -0.25) is 4.98 Å². The molecule has 40 heavy (non-hydrogen) atoms. The molecule has 5 aromatic rings. The van der Waals surface area contributed by atoms with Crippen LogP contribution in [0.4, 0.5) is 0 Å². The van der Waals surface area contributed by atoms with E-state index in [9.17, 15) is 5.21 Å². The normalized spacial score (nSPS) is 16.1. The molecule has 1 saturated heterocycles. The second-order valence-corrected chi connectivity index (χ2v) is 9.56. The summed E-state index contributed by atoms with van der Waals surface area (Å²) in [7, 11) is 0. The Labute approximate surface area is 235 Å². The number of fused-ring (bicyclic) bond motifs is 1. The van der Waals surface area contributed by atoms with Crippen LogP contribution < -0.4 is 4.74 Å². The molecule has 1 aliphatic rings. The summed E-state index contributed by atoms with van der Waals surface area (Å²) in [5.74, 6) is 1.37. The van der Waals surface area contributed by atoms with E-state index >= 15 is 0 Å². The number of hydrogen-bond donors (Lipinski definition) is 1. The summed E-state index contributed by atoms with van der Waals surface area (Å²) in [6, 6.07) is 26.6. The summed E-state index contributed by atoms with van der Waals surface area (Å²) in [6.07, 6.45) is 4.94. The molecule has 0 aliphatic carbocycles. The molecule has 1 aliphatic heterocycles. The molecular weight excluding hydrogens is 524 g/mol. The SMILES string of the molecule is Cc1cccc2c(\C(=C3/OC(=C\c4ccccn4)/C3=N\O)c3ccccc3OCc3ccc(Cl)cc3)ncnc12. The zero-order valence-corrected chi connectivity index (χ0v) is 22.2. The largest absolute Gasteiger partial charge is 0.488 e.